The lowest BCUT2D eigenvalue weighted by atomic mass is 9.43. The minimum Gasteiger partial charge on any atom is -0.444 e. The molecule has 0 aromatic rings. The summed E-state index contributed by atoms with van der Waals surface area (Å²) in [5.41, 5.74) is -0.584. The van der Waals surface area contributed by atoms with Gasteiger partial charge in [0.25, 0.3) is 0 Å². The maximum atomic E-state index is 12.1. The van der Waals surface area contributed by atoms with Crippen LogP contribution in [0.4, 0.5) is 4.79 Å². The second-order valence-electron chi connectivity index (χ2n) is 7.00. The normalized spacial score (nSPS) is 33.1. The summed E-state index contributed by atoms with van der Waals surface area (Å²) in [5, 5.41) is 7.24. The lowest BCUT2D eigenvalue weighted by Crippen LogP contribution is -2.42. The third-order valence-electron chi connectivity index (χ3n) is 4.20. The Kier molecular flexibility index (Phi) is 4.67. The fourth-order valence-corrected chi connectivity index (χ4v) is 3.13. The first kappa shape index (κ1) is 18.5. The molecule has 1 saturated heterocycles. The van der Waals surface area contributed by atoms with Gasteiger partial charge in [0.05, 0.1) is 31.4 Å². The van der Waals surface area contributed by atoms with E-state index in [1.807, 2.05) is 0 Å². The molecule has 0 bridgehead atoms. The maximum Gasteiger partial charge on any atom is 0.410 e. The Morgan fingerprint density at radius 2 is 1.52 bits per heavy atom. The predicted octanol–water partition coefficient (Wildman–Crippen LogP) is 0.386. The Morgan fingerprint density at radius 1 is 1.14 bits per heavy atom. The zero-order valence-corrected chi connectivity index (χ0v) is 12.2. The van der Waals surface area contributed by atoms with Crippen molar-refractivity contribution in [2.24, 2.45) is 11.8 Å². The fourth-order valence-electron chi connectivity index (χ4n) is 3.13. The van der Waals surface area contributed by atoms with Crippen LogP contribution in [0.25, 0.3) is 0 Å². The average molecular weight is 283 g/mol. The number of hydrogen-bond acceptors (Lipinski definition) is 3. The first-order valence-corrected chi connectivity index (χ1v) is 6.69. The maximum absolute atomic E-state index is 12.1. The summed E-state index contributed by atoms with van der Waals surface area (Å²) in [7, 11) is 23.8. The molecule has 8 radical (unpaired) electrons. The van der Waals surface area contributed by atoms with Crippen molar-refractivity contribution in [3.63, 3.8) is 0 Å². The summed E-state index contributed by atoms with van der Waals surface area (Å²) in [6.45, 7) is 5.92. The van der Waals surface area contributed by atoms with Crippen molar-refractivity contribution in [2.45, 2.75) is 50.3 Å². The Morgan fingerprint density at radius 3 is 1.86 bits per heavy atom. The molecule has 2 atom stereocenters. The number of nitrogens with zero attached hydrogens (tertiary/aromatic N) is 1. The van der Waals surface area contributed by atoms with E-state index >= 15 is 0 Å². The average Bonchev–Trinajstić information content (AvgIpc) is 2.75. The summed E-state index contributed by atoms with van der Waals surface area (Å²) >= 11 is 0. The minimum atomic E-state index is -1.41. The summed E-state index contributed by atoms with van der Waals surface area (Å²) in [5.74, 6) is -0.722. The van der Waals surface area contributed by atoms with Gasteiger partial charge in [-0.1, -0.05) is 17.9 Å². The topological polar surface area (TPSA) is 49.8 Å². The molecule has 1 N–H and O–H groups in total. The van der Waals surface area contributed by atoms with Gasteiger partial charge in [0.2, 0.25) is 0 Å². The highest BCUT2D eigenvalue weighted by molar-refractivity contribution is 6.47. The van der Waals surface area contributed by atoms with E-state index in [-0.39, 0.29) is 32.4 Å². The highest BCUT2D eigenvalue weighted by Gasteiger charge is 2.60. The van der Waals surface area contributed by atoms with E-state index in [1.165, 1.54) is 4.90 Å². The zero-order chi connectivity index (χ0) is 15.5. The van der Waals surface area contributed by atoms with Gasteiger partial charge in [-0.15, -0.1) is 0 Å². The van der Waals surface area contributed by atoms with Gasteiger partial charge in [-0.05, 0) is 32.6 Å². The minimum absolute atomic E-state index is 0. The Labute approximate surface area is 133 Å². The van der Waals surface area contributed by atoms with Crippen LogP contribution in [0.2, 0.25) is 10.4 Å². The molecule has 0 aromatic heterocycles. The second kappa shape index (κ2) is 5.29. The molecule has 108 valence electrons. The molecule has 1 aliphatic carbocycles. The van der Waals surface area contributed by atoms with E-state index in [0.717, 1.165) is 0 Å². The molecular weight excluding hydrogens is 261 g/mol. The zero-order valence-electron chi connectivity index (χ0n) is 12.2. The number of aliphatic hydroxyl groups excluding tert-OH is 1. The first-order valence-electron chi connectivity index (χ1n) is 6.69. The second-order valence-corrected chi connectivity index (χ2v) is 7.00. The predicted molar refractivity (Wildman–Crippen MR) is 85.9 cm³/mol. The molecule has 2 aliphatic rings. The van der Waals surface area contributed by atoms with Crippen molar-refractivity contribution in [3.8, 4) is 0 Å². The van der Waals surface area contributed by atoms with Crippen LogP contribution in [-0.4, -0.2) is 72.3 Å². The van der Waals surface area contributed by atoms with Gasteiger partial charge < -0.3 is 14.7 Å². The van der Waals surface area contributed by atoms with Crippen molar-refractivity contribution >= 4 is 37.5 Å². The standard InChI is InChI=1S/C12H17B4NO3.CH4/c1-10(2,3)20-9(19)17-4-6-7(5-17)12(15,16)8(18)11(6,13)14;/h6-8,18H,4-5H2,1-3H3;1H4. The van der Waals surface area contributed by atoms with Gasteiger partial charge in [-0.25, -0.2) is 4.79 Å². The summed E-state index contributed by atoms with van der Waals surface area (Å²) in [6.07, 6.45) is -1.67. The van der Waals surface area contributed by atoms with Crippen LogP contribution < -0.4 is 0 Å². The molecule has 2 unspecified atom stereocenters. The highest BCUT2D eigenvalue weighted by atomic mass is 16.6. The smallest absolute Gasteiger partial charge is 0.410 e. The molecule has 1 amide bonds. The van der Waals surface area contributed by atoms with Crippen molar-refractivity contribution in [1.82, 2.24) is 4.90 Å². The van der Waals surface area contributed by atoms with Crippen LogP contribution in [0.3, 0.4) is 0 Å². The van der Waals surface area contributed by atoms with Gasteiger partial charge in [-0.2, -0.15) is 0 Å². The van der Waals surface area contributed by atoms with E-state index in [1.54, 1.807) is 20.8 Å². The molecular formula is C13H21B4NO3. The molecule has 1 heterocycles. The van der Waals surface area contributed by atoms with E-state index in [2.05, 4.69) is 0 Å². The number of likely N-dealkylation sites (tertiary alicyclic amines) is 1. The van der Waals surface area contributed by atoms with Crippen LogP contribution in [0.1, 0.15) is 28.2 Å². The number of fused-ring (bicyclic) bond motifs is 1. The summed E-state index contributed by atoms with van der Waals surface area (Å²) in [6, 6.07) is 0. The quantitative estimate of drug-likeness (QED) is 0.654. The largest absolute Gasteiger partial charge is 0.444 e. The number of amides is 1. The van der Waals surface area contributed by atoms with E-state index < -0.39 is 28.2 Å². The molecule has 4 nitrogen and oxygen atoms in total. The Balaban J connectivity index is 0.00000220. The molecule has 0 aromatic carbocycles. The monoisotopic (exact) mass is 283 g/mol. The number of carbonyl (C=O) groups is 1. The van der Waals surface area contributed by atoms with Crippen LogP contribution >= 0.6 is 0 Å². The Bertz CT molecular complexity index is 398. The first-order chi connectivity index (χ1) is 8.87. The lowest BCUT2D eigenvalue weighted by Gasteiger charge is -2.37. The summed E-state index contributed by atoms with van der Waals surface area (Å²) < 4.78 is 5.31. The van der Waals surface area contributed by atoms with Crippen LogP contribution in [-0.2, 0) is 4.74 Å². The molecule has 0 spiro atoms. The number of ether oxygens (including phenoxy) is 1. The van der Waals surface area contributed by atoms with Gasteiger partial charge in [-0.3, -0.25) is 0 Å². The van der Waals surface area contributed by atoms with Crippen LogP contribution in [0.15, 0.2) is 0 Å². The number of hydrogen-bond donors (Lipinski definition) is 1. The van der Waals surface area contributed by atoms with E-state index in [0.29, 0.717) is 0 Å². The highest BCUT2D eigenvalue weighted by Crippen LogP contribution is 2.61. The summed E-state index contributed by atoms with van der Waals surface area (Å²) in [4.78, 5) is 13.6. The van der Waals surface area contributed by atoms with Gasteiger partial charge in [0.1, 0.15) is 5.60 Å². The van der Waals surface area contributed by atoms with E-state index in [4.69, 9.17) is 36.1 Å². The molecule has 8 heteroatoms. The van der Waals surface area contributed by atoms with Crippen molar-refractivity contribution < 1.29 is 14.6 Å². The molecule has 1 saturated carbocycles. The third-order valence-corrected chi connectivity index (χ3v) is 4.20. The van der Waals surface area contributed by atoms with Crippen molar-refractivity contribution in [3.05, 3.63) is 0 Å². The fraction of sp³-hybridized carbons (Fsp3) is 0.923. The molecule has 21 heavy (non-hydrogen) atoms. The van der Waals surface area contributed by atoms with Crippen LogP contribution in [0, 0.1) is 11.8 Å². The van der Waals surface area contributed by atoms with Crippen molar-refractivity contribution in [1.29, 1.82) is 0 Å². The number of carbonyl (C=O) groups excluding carboxylic acids is 1. The lowest BCUT2D eigenvalue weighted by molar-refractivity contribution is 0.0263. The van der Waals surface area contributed by atoms with Crippen molar-refractivity contribution in [2.75, 3.05) is 13.1 Å². The SMILES string of the molecule is C.[B]C1([B])C2CN(C(=O)OC(C)(C)C)CC2C([B])([B])C1O. The number of aliphatic hydroxyl groups is 1. The molecule has 2 fully saturated rings. The van der Waals surface area contributed by atoms with Gasteiger partial charge in [0.15, 0.2) is 0 Å². The Hall–Kier alpha value is -0.510. The number of rotatable bonds is 0. The van der Waals surface area contributed by atoms with Crippen LogP contribution in [0.5, 0.6) is 0 Å². The molecule has 2 rings (SSSR count). The molecule has 1 aliphatic heterocycles. The van der Waals surface area contributed by atoms with E-state index in [9.17, 15) is 9.90 Å². The third kappa shape index (κ3) is 3.01. The van der Waals surface area contributed by atoms with Gasteiger partial charge in [0, 0.05) is 19.2 Å². The van der Waals surface area contributed by atoms with Gasteiger partial charge >= 0.3 is 6.09 Å².